The minimum Gasteiger partial charge on any atom is -0.330 e. The van der Waals surface area contributed by atoms with Gasteiger partial charge >= 0.3 is 0 Å². The van der Waals surface area contributed by atoms with Gasteiger partial charge in [0.15, 0.2) is 0 Å². The molecular weight excluding hydrogens is 274 g/mol. The maximum absolute atomic E-state index is 6.07. The Morgan fingerprint density at radius 1 is 1.41 bits per heavy atom. The molecule has 2 atom stereocenters. The summed E-state index contributed by atoms with van der Waals surface area (Å²) in [5.41, 5.74) is 7.83. The van der Waals surface area contributed by atoms with E-state index in [9.17, 15) is 0 Å². The Morgan fingerprint density at radius 3 is 2.76 bits per heavy atom. The van der Waals surface area contributed by atoms with E-state index in [0.29, 0.717) is 5.41 Å². The highest BCUT2D eigenvalue weighted by molar-refractivity contribution is 9.10. The van der Waals surface area contributed by atoms with Crippen LogP contribution in [0.1, 0.15) is 38.2 Å². The highest BCUT2D eigenvalue weighted by Gasteiger charge is 2.37. The molecule has 0 amide bonds. The minimum atomic E-state index is 0.352. The van der Waals surface area contributed by atoms with Gasteiger partial charge in [-0.1, -0.05) is 47.5 Å². The second-order valence-corrected chi connectivity index (χ2v) is 6.34. The fraction of sp³-hybridized carbons (Fsp3) is 0.600. The van der Waals surface area contributed by atoms with Crippen molar-refractivity contribution in [2.75, 3.05) is 6.54 Å². The standard InChI is InChI=1S/C15H22BrN/c1-2-12-7-8-15(9-12,11-17)10-13-5-3-4-6-14(13)16/h3-6,12H,2,7-11,17H2,1H3. The van der Waals surface area contributed by atoms with Gasteiger partial charge in [-0.25, -0.2) is 0 Å². The van der Waals surface area contributed by atoms with E-state index in [1.165, 1.54) is 35.7 Å². The van der Waals surface area contributed by atoms with Crippen molar-refractivity contribution < 1.29 is 0 Å². The molecule has 1 aliphatic carbocycles. The number of benzene rings is 1. The molecule has 2 N–H and O–H groups in total. The molecule has 94 valence electrons. The smallest absolute Gasteiger partial charge is 0.0207 e. The lowest BCUT2D eigenvalue weighted by molar-refractivity contribution is 0.290. The van der Waals surface area contributed by atoms with Crippen LogP contribution in [0.15, 0.2) is 28.7 Å². The van der Waals surface area contributed by atoms with Gasteiger partial charge in [-0.2, -0.15) is 0 Å². The number of hydrogen-bond donors (Lipinski definition) is 1. The third kappa shape index (κ3) is 2.92. The van der Waals surface area contributed by atoms with Gasteiger partial charge in [0.25, 0.3) is 0 Å². The summed E-state index contributed by atoms with van der Waals surface area (Å²) in [7, 11) is 0. The van der Waals surface area contributed by atoms with Crippen LogP contribution in [0.4, 0.5) is 0 Å². The van der Waals surface area contributed by atoms with Gasteiger partial charge in [-0.15, -0.1) is 0 Å². The van der Waals surface area contributed by atoms with E-state index >= 15 is 0 Å². The molecule has 0 saturated heterocycles. The van der Waals surface area contributed by atoms with Crippen LogP contribution in [0.3, 0.4) is 0 Å². The number of nitrogens with two attached hydrogens (primary N) is 1. The lowest BCUT2D eigenvalue weighted by Gasteiger charge is -2.28. The predicted molar refractivity (Wildman–Crippen MR) is 77.0 cm³/mol. The summed E-state index contributed by atoms with van der Waals surface area (Å²) in [5.74, 6) is 0.890. The van der Waals surface area contributed by atoms with E-state index in [2.05, 4.69) is 47.1 Å². The summed E-state index contributed by atoms with van der Waals surface area (Å²) >= 11 is 3.65. The second kappa shape index (κ2) is 5.53. The molecule has 1 fully saturated rings. The Kier molecular flexibility index (Phi) is 4.26. The third-order valence-electron chi connectivity index (χ3n) is 4.34. The first-order valence-electron chi connectivity index (χ1n) is 6.62. The largest absolute Gasteiger partial charge is 0.330 e. The van der Waals surface area contributed by atoms with Crippen LogP contribution < -0.4 is 5.73 Å². The Balaban J connectivity index is 2.13. The lowest BCUT2D eigenvalue weighted by atomic mass is 9.79. The van der Waals surface area contributed by atoms with Crippen molar-refractivity contribution in [3.63, 3.8) is 0 Å². The molecule has 1 aromatic carbocycles. The fourth-order valence-electron chi connectivity index (χ4n) is 3.14. The molecule has 0 aromatic heterocycles. The van der Waals surface area contributed by atoms with E-state index in [4.69, 9.17) is 5.73 Å². The second-order valence-electron chi connectivity index (χ2n) is 5.49. The van der Waals surface area contributed by atoms with E-state index in [1.807, 2.05) is 0 Å². The average Bonchev–Trinajstić information content (AvgIpc) is 2.76. The molecule has 17 heavy (non-hydrogen) atoms. The maximum atomic E-state index is 6.07. The molecule has 0 bridgehead atoms. The van der Waals surface area contributed by atoms with E-state index in [-0.39, 0.29) is 0 Å². The van der Waals surface area contributed by atoms with Crippen LogP contribution >= 0.6 is 15.9 Å². The van der Waals surface area contributed by atoms with Crippen LogP contribution in [0.5, 0.6) is 0 Å². The van der Waals surface area contributed by atoms with Crippen molar-refractivity contribution in [2.45, 2.75) is 39.0 Å². The van der Waals surface area contributed by atoms with Crippen molar-refractivity contribution in [1.82, 2.24) is 0 Å². The molecule has 2 unspecified atom stereocenters. The lowest BCUT2D eigenvalue weighted by Crippen LogP contribution is -2.30. The molecule has 0 radical (unpaired) electrons. The van der Waals surface area contributed by atoms with E-state index < -0.39 is 0 Å². The Labute approximate surface area is 113 Å². The Hall–Kier alpha value is -0.340. The summed E-state index contributed by atoms with van der Waals surface area (Å²) in [6.07, 6.45) is 6.39. The van der Waals surface area contributed by atoms with Crippen LogP contribution in [-0.2, 0) is 6.42 Å². The fourth-order valence-corrected chi connectivity index (χ4v) is 3.56. The molecule has 0 spiro atoms. The highest BCUT2D eigenvalue weighted by Crippen LogP contribution is 2.45. The van der Waals surface area contributed by atoms with Crippen molar-refractivity contribution in [2.24, 2.45) is 17.1 Å². The molecule has 2 rings (SSSR count). The number of halogens is 1. The predicted octanol–water partition coefficient (Wildman–Crippen LogP) is 4.15. The third-order valence-corrected chi connectivity index (χ3v) is 5.11. The topological polar surface area (TPSA) is 26.0 Å². The summed E-state index contributed by atoms with van der Waals surface area (Å²) < 4.78 is 1.23. The molecule has 2 heteroatoms. The zero-order valence-electron chi connectivity index (χ0n) is 10.6. The molecular formula is C15H22BrN. The maximum Gasteiger partial charge on any atom is 0.0207 e. The molecule has 0 aliphatic heterocycles. The minimum absolute atomic E-state index is 0.352. The first kappa shape index (κ1) is 13.1. The molecule has 1 aliphatic rings. The summed E-state index contributed by atoms with van der Waals surface area (Å²) in [4.78, 5) is 0. The average molecular weight is 296 g/mol. The summed E-state index contributed by atoms with van der Waals surface area (Å²) in [5, 5.41) is 0. The zero-order valence-corrected chi connectivity index (χ0v) is 12.2. The Morgan fingerprint density at radius 2 is 2.18 bits per heavy atom. The highest BCUT2D eigenvalue weighted by atomic mass is 79.9. The molecule has 1 saturated carbocycles. The zero-order chi connectivity index (χ0) is 12.3. The first-order valence-corrected chi connectivity index (χ1v) is 7.42. The van der Waals surface area contributed by atoms with Gasteiger partial charge in [-0.3, -0.25) is 0 Å². The number of rotatable bonds is 4. The molecule has 1 nitrogen and oxygen atoms in total. The molecule has 0 heterocycles. The normalized spacial score (nSPS) is 28.5. The van der Waals surface area contributed by atoms with Gasteiger partial charge < -0.3 is 5.73 Å². The van der Waals surface area contributed by atoms with Gasteiger partial charge in [0.1, 0.15) is 0 Å². The van der Waals surface area contributed by atoms with E-state index in [1.54, 1.807) is 0 Å². The first-order chi connectivity index (χ1) is 8.19. The Bertz CT molecular complexity index is 377. The van der Waals surface area contributed by atoms with Crippen LogP contribution in [0.25, 0.3) is 0 Å². The quantitative estimate of drug-likeness (QED) is 0.887. The van der Waals surface area contributed by atoms with Crippen molar-refractivity contribution >= 4 is 15.9 Å². The SMILES string of the molecule is CCC1CCC(CN)(Cc2ccccc2Br)C1. The van der Waals surface area contributed by atoms with Crippen molar-refractivity contribution in [3.05, 3.63) is 34.3 Å². The van der Waals surface area contributed by atoms with E-state index in [0.717, 1.165) is 18.9 Å². The van der Waals surface area contributed by atoms with Crippen molar-refractivity contribution in [3.8, 4) is 0 Å². The van der Waals surface area contributed by atoms with Gasteiger partial charge in [-0.05, 0) is 55.2 Å². The summed E-state index contributed by atoms with van der Waals surface area (Å²) in [6, 6.07) is 8.55. The van der Waals surface area contributed by atoms with Crippen molar-refractivity contribution in [1.29, 1.82) is 0 Å². The number of hydrogen-bond acceptors (Lipinski definition) is 1. The van der Waals surface area contributed by atoms with Crippen LogP contribution in [0, 0.1) is 11.3 Å². The van der Waals surface area contributed by atoms with Crippen LogP contribution in [-0.4, -0.2) is 6.54 Å². The van der Waals surface area contributed by atoms with Gasteiger partial charge in [0, 0.05) is 4.47 Å². The monoisotopic (exact) mass is 295 g/mol. The molecule has 1 aromatic rings. The van der Waals surface area contributed by atoms with Gasteiger partial charge in [0.05, 0.1) is 0 Å². The van der Waals surface area contributed by atoms with Crippen LogP contribution in [0.2, 0.25) is 0 Å². The summed E-state index contributed by atoms with van der Waals surface area (Å²) in [6.45, 7) is 3.13. The van der Waals surface area contributed by atoms with Gasteiger partial charge in [0.2, 0.25) is 0 Å².